The Morgan fingerprint density at radius 1 is 1.13 bits per heavy atom. The number of nitrogens with one attached hydrogen (secondary N) is 1. The van der Waals surface area contributed by atoms with Crippen LogP contribution in [0.5, 0.6) is 11.5 Å². The van der Waals surface area contributed by atoms with E-state index in [1.165, 1.54) is 7.11 Å². The number of hydrogen-bond donors (Lipinski definition) is 1. The summed E-state index contributed by atoms with van der Waals surface area (Å²) >= 11 is 5.96. The maximum absolute atomic E-state index is 12.5. The highest BCUT2D eigenvalue weighted by atomic mass is 35.5. The Labute approximate surface area is 187 Å². The molecule has 2 aromatic carbocycles. The number of halogens is 1. The van der Waals surface area contributed by atoms with Crippen LogP contribution < -0.4 is 19.2 Å². The van der Waals surface area contributed by atoms with Crippen molar-refractivity contribution in [2.24, 2.45) is 5.10 Å². The molecular weight excluding hydrogens is 442 g/mol. The molecular formula is C21H26ClN3O5S. The lowest BCUT2D eigenvalue weighted by Crippen LogP contribution is -2.39. The molecule has 0 aliphatic carbocycles. The van der Waals surface area contributed by atoms with Crippen LogP contribution in [0.3, 0.4) is 0 Å². The van der Waals surface area contributed by atoms with Crippen molar-refractivity contribution in [3.05, 3.63) is 52.5 Å². The van der Waals surface area contributed by atoms with Crippen molar-refractivity contribution >= 4 is 38.9 Å². The second kappa shape index (κ2) is 10.5. The molecule has 0 heterocycles. The fourth-order valence-corrected chi connectivity index (χ4v) is 4.08. The molecule has 0 spiro atoms. The Morgan fingerprint density at radius 3 is 2.35 bits per heavy atom. The van der Waals surface area contributed by atoms with Crippen LogP contribution in [0.1, 0.15) is 24.5 Å². The quantitative estimate of drug-likeness (QED) is 0.450. The summed E-state index contributed by atoms with van der Waals surface area (Å²) in [5.74, 6) is 0.535. The summed E-state index contributed by atoms with van der Waals surface area (Å²) in [5.41, 5.74) is 4.80. The van der Waals surface area contributed by atoms with E-state index in [0.29, 0.717) is 39.9 Å². The van der Waals surface area contributed by atoms with Crippen molar-refractivity contribution in [1.82, 2.24) is 5.43 Å². The monoisotopic (exact) mass is 467 g/mol. The van der Waals surface area contributed by atoms with Gasteiger partial charge in [-0.25, -0.2) is 13.8 Å². The maximum atomic E-state index is 12.5. The number of anilines is 1. The Morgan fingerprint density at radius 2 is 1.81 bits per heavy atom. The number of sulfonamides is 1. The molecule has 8 nitrogen and oxygen atoms in total. The lowest BCUT2D eigenvalue weighted by molar-refractivity contribution is -0.119. The summed E-state index contributed by atoms with van der Waals surface area (Å²) in [5, 5.41) is 4.66. The number of benzene rings is 2. The van der Waals surface area contributed by atoms with Gasteiger partial charge in [0, 0.05) is 10.6 Å². The van der Waals surface area contributed by atoms with Crippen molar-refractivity contribution in [2.45, 2.75) is 20.3 Å². The second-order valence-electron chi connectivity index (χ2n) is 6.72. The van der Waals surface area contributed by atoms with Crippen LogP contribution in [0.15, 0.2) is 41.5 Å². The van der Waals surface area contributed by atoms with Crippen molar-refractivity contribution in [3.63, 3.8) is 0 Å². The molecule has 2 rings (SSSR count). The molecule has 0 aliphatic heterocycles. The Bertz CT molecular complexity index is 1090. The fraction of sp³-hybridized carbons (Fsp3) is 0.333. The van der Waals surface area contributed by atoms with Crippen molar-refractivity contribution in [1.29, 1.82) is 0 Å². The molecule has 2 aromatic rings. The van der Waals surface area contributed by atoms with Gasteiger partial charge >= 0.3 is 0 Å². The average molecular weight is 468 g/mol. The van der Waals surface area contributed by atoms with Gasteiger partial charge in [0.2, 0.25) is 10.0 Å². The van der Waals surface area contributed by atoms with E-state index in [4.69, 9.17) is 21.1 Å². The van der Waals surface area contributed by atoms with Crippen LogP contribution >= 0.6 is 11.6 Å². The van der Waals surface area contributed by atoms with E-state index in [-0.39, 0.29) is 0 Å². The summed E-state index contributed by atoms with van der Waals surface area (Å²) in [4.78, 5) is 12.5. The minimum atomic E-state index is -3.71. The van der Waals surface area contributed by atoms with E-state index in [1.54, 1.807) is 50.4 Å². The average Bonchev–Trinajstić information content (AvgIpc) is 2.72. The molecule has 0 atom stereocenters. The zero-order valence-corrected chi connectivity index (χ0v) is 19.7. The van der Waals surface area contributed by atoms with Crippen LogP contribution in [-0.2, 0) is 14.8 Å². The Kier molecular flexibility index (Phi) is 8.29. The van der Waals surface area contributed by atoms with Crippen LogP contribution in [0.4, 0.5) is 5.69 Å². The van der Waals surface area contributed by atoms with E-state index in [0.717, 1.165) is 16.1 Å². The van der Waals surface area contributed by atoms with E-state index < -0.39 is 22.5 Å². The minimum absolute atomic E-state index is 0.377. The zero-order valence-electron chi connectivity index (χ0n) is 18.1. The van der Waals surface area contributed by atoms with Gasteiger partial charge in [-0.2, -0.15) is 5.10 Å². The summed E-state index contributed by atoms with van der Waals surface area (Å²) < 4.78 is 36.2. The standard InChI is InChI=1S/C21H26ClN3O5S/c1-6-17(15-7-10-19(29-3)20(12-15)30-4)23-24-21(26)13-25(31(5,27)28)18-9-8-16(22)11-14(18)2/h7-12H,6,13H2,1-5H3,(H,24,26)/b23-17-. The summed E-state index contributed by atoms with van der Waals surface area (Å²) in [6, 6.07) is 10.1. The van der Waals surface area contributed by atoms with Crippen molar-refractivity contribution in [2.75, 3.05) is 31.3 Å². The first-order chi connectivity index (χ1) is 14.6. The highest BCUT2D eigenvalue weighted by Gasteiger charge is 2.22. The largest absolute Gasteiger partial charge is 0.493 e. The third-order valence-corrected chi connectivity index (χ3v) is 5.84. The molecule has 31 heavy (non-hydrogen) atoms. The topological polar surface area (TPSA) is 97.3 Å². The number of rotatable bonds is 9. The van der Waals surface area contributed by atoms with Gasteiger partial charge in [0.1, 0.15) is 6.54 Å². The number of nitrogens with zero attached hydrogens (tertiary/aromatic N) is 2. The highest BCUT2D eigenvalue weighted by molar-refractivity contribution is 7.92. The first-order valence-electron chi connectivity index (χ1n) is 9.42. The number of hydrazone groups is 1. The summed E-state index contributed by atoms with van der Waals surface area (Å²) in [6.45, 7) is 3.19. The fourth-order valence-electron chi connectivity index (χ4n) is 2.94. The van der Waals surface area contributed by atoms with Gasteiger partial charge in [0.25, 0.3) is 5.91 Å². The summed E-state index contributed by atoms with van der Waals surface area (Å²) in [6.07, 6.45) is 1.57. The lowest BCUT2D eigenvalue weighted by atomic mass is 10.1. The molecule has 1 amide bonds. The number of hydrogen-bond acceptors (Lipinski definition) is 6. The van der Waals surface area contributed by atoms with Crippen LogP contribution in [0.25, 0.3) is 0 Å². The number of ether oxygens (including phenoxy) is 2. The summed E-state index contributed by atoms with van der Waals surface area (Å²) in [7, 11) is -0.634. The number of carbonyl (C=O) groups excluding carboxylic acids is 1. The molecule has 0 fully saturated rings. The van der Waals surface area contributed by atoms with Gasteiger partial charge in [0.15, 0.2) is 11.5 Å². The second-order valence-corrected chi connectivity index (χ2v) is 9.06. The molecule has 10 heteroatoms. The van der Waals surface area contributed by atoms with E-state index >= 15 is 0 Å². The molecule has 0 aromatic heterocycles. The van der Waals surface area contributed by atoms with Gasteiger partial charge in [-0.3, -0.25) is 9.10 Å². The van der Waals surface area contributed by atoms with E-state index in [1.807, 2.05) is 6.92 Å². The number of methoxy groups -OCH3 is 2. The van der Waals surface area contributed by atoms with Gasteiger partial charge in [0.05, 0.1) is 31.9 Å². The van der Waals surface area contributed by atoms with Crippen molar-refractivity contribution in [3.8, 4) is 11.5 Å². The smallest absolute Gasteiger partial charge is 0.260 e. The molecule has 0 unspecified atom stereocenters. The normalized spacial score (nSPS) is 11.7. The van der Waals surface area contributed by atoms with Gasteiger partial charge in [-0.15, -0.1) is 0 Å². The Hall–Kier alpha value is -2.78. The number of aryl methyl sites for hydroxylation is 1. The van der Waals surface area contributed by atoms with Gasteiger partial charge < -0.3 is 9.47 Å². The maximum Gasteiger partial charge on any atom is 0.260 e. The lowest BCUT2D eigenvalue weighted by Gasteiger charge is -2.23. The highest BCUT2D eigenvalue weighted by Crippen LogP contribution is 2.28. The molecule has 0 radical (unpaired) electrons. The molecule has 0 aliphatic rings. The van der Waals surface area contributed by atoms with Crippen LogP contribution in [0.2, 0.25) is 5.02 Å². The predicted molar refractivity (Wildman–Crippen MR) is 123 cm³/mol. The number of carbonyl (C=O) groups is 1. The first kappa shape index (κ1) is 24.5. The zero-order chi connectivity index (χ0) is 23.2. The molecule has 0 saturated carbocycles. The molecule has 1 N–H and O–H groups in total. The first-order valence-corrected chi connectivity index (χ1v) is 11.6. The molecule has 0 bridgehead atoms. The van der Waals surface area contributed by atoms with Crippen molar-refractivity contribution < 1.29 is 22.7 Å². The number of amides is 1. The SMILES string of the molecule is CC/C(=N/NC(=O)CN(c1ccc(Cl)cc1C)S(C)(=O)=O)c1ccc(OC)c(OC)c1. The third kappa shape index (κ3) is 6.35. The van der Waals surface area contributed by atoms with Gasteiger partial charge in [-0.05, 0) is 55.3 Å². The third-order valence-electron chi connectivity index (χ3n) is 4.48. The Balaban J connectivity index is 2.24. The van der Waals surface area contributed by atoms with E-state index in [2.05, 4.69) is 10.5 Å². The minimum Gasteiger partial charge on any atom is -0.493 e. The molecule has 168 valence electrons. The van der Waals surface area contributed by atoms with Gasteiger partial charge in [-0.1, -0.05) is 18.5 Å². The van der Waals surface area contributed by atoms with Crippen LogP contribution in [-0.4, -0.2) is 47.1 Å². The molecule has 0 saturated heterocycles. The predicted octanol–water partition coefficient (Wildman–Crippen LogP) is 3.36. The van der Waals surface area contributed by atoms with Crippen LogP contribution in [0, 0.1) is 6.92 Å². The van der Waals surface area contributed by atoms with E-state index in [9.17, 15) is 13.2 Å².